The van der Waals surface area contributed by atoms with E-state index in [0.717, 1.165) is 25.8 Å². The predicted molar refractivity (Wildman–Crippen MR) is 124 cm³/mol. The Kier molecular flexibility index (Phi) is 5.94. The highest BCUT2D eigenvalue weighted by Gasteiger charge is 2.46. The van der Waals surface area contributed by atoms with E-state index in [2.05, 4.69) is 95.8 Å². The zero-order valence-electron chi connectivity index (χ0n) is 19.1. The van der Waals surface area contributed by atoms with Crippen molar-refractivity contribution in [2.75, 3.05) is 11.4 Å². The second-order valence-corrected chi connectivity index (χ2v) is 10.1. The SMILES string of the molecule is CCc1cccc(CC)c1N1CC(C)(Cc2ccc(C(C)C)cc2)CC1(C)C. The molecule has 2 aromatic rings. The van der Waals surface area contributed by atoms with Gasteiger partial charge in [0.15, 0.2) is 0 Å². The van der Waals surface area contributed by atoms with E-state index in [0.29, 0.717) is 11.3 Å². The summed E-state index contributed by atoms with van der Waals surface area (Å²) >= 11 is 0. The molecule has 1 unspecified atom stereocenters. The summed E-state index contributed by atoms with van der Waals surface area (Å²) in [5.74, 6) is 0.601. The maximum absolute atomic E-state index is 2.73. The molecule has 0 aliphatic carbocycles. The third-order valence-electron chi connectivity index (χ3n) is 6.64. The highest BCUT2D eigenvalue weighted by molar-refractivity contribution is 5.62. The molecule has 1 aliphatic heterocycles. The van der Waals surface area contributed by atoms with Crippen molar-refractivity contribution in [3.8, 4) is 0 Å². The van der Waals surface area contributed by atoms with Crippen LogP contribution in [0.2, 0.25) is 0 Å². The number of anilines is 1. The molecule has 1 heteroatoms. The molecule has 1 fully saturated rings. The van der Waals surface area contributed by atoms with Crippen molar-refractivity contribution in [1.82, 2.24) is 0 Å². The molecule has 0 spiro atoms. The van der Waals surface area contributed by atoms with Gasteiger partial charge in [-0.3, -0.25) is 0 Å². The van der Waals surface area contributed by atoms with E-state index in [1.807, 2.05) is 0 Å². The average Bonchev–Trinajstić information content (AvgIpc) is 2.89. The normalized spacial score (nSPS) is 21.5. The van der Waals surface area contributed by atoms with Gasteiger partial charge in [0.2, 0.25) is 0 Å². The van der Waals surface area contributed by atoms with Crippen LogP contribution in [0, 0.1) is 5.41 Å². The molecule has 1 heterocycles. The zero-order chi connectivity index (χ0) is 20.5. The van der Waals surface area contributed by atoms with E-state index in [1.165, 1.54) is 34.4 Å². The molecular weight excluding hydrogens is 338 g/mol. The molecule has 28 heavy (non-hydrogen) atoms. The number of hydrogen-bond acceptors (Lipinski definition) is 1. The Labute approximate surface area is 173 Å². The van der Waals surface area contributed by atoms with E-state index in [4.69, 9.17) is 0 Å². The molecule has 0 bridgehead atoms. The van der Waals surface area contributed by atoms with Crippen molar-refractivity contribution >= 4 is 5.69 Å². The van der Waals surface area contributed by atoms with Crippen molar-refractivity contribution < 1.29 is 0 Å². The lowest BCUT2D eigenvalue weighted by Crippen LogP contribution is -2.39. The fourth-order valence-corrected chi connectivity index (χ4v) is 5.37. The number of nitrogens with zero attached hydrogens (tertiary/aromatic N) is 1. The molecule has 1 atom stereocenters. The Balaban J connectivity index is 1.90. The maximum Gasteiger partial charge on any atom is 0.0435 e. The summed E-state index contributed by atoms with van der Waals surface area (Å²) in [6.45, 7) is 17.6. The van der Waals surface area contributed by atoms with Gasteiger partial charge >= 0.3 is 0 Å². The van der Waals surface area contributed by atoms with E-state index in [9.17, 15) is 0 Å². The zero-order valence-corrected chi connectivity index (χ0v) is 19.1. The summed E-state index contributed by atoms with van der Waals surface area (Å²) in [4.78, 5) is 2.73. The van der Waals surface area contributed by atoms with Gasteiger partial charge in [-0.2, -0.15) is 0 Å². The number of para-hydroxylation sites is 1. The van der Waals surface area contributed by atoms with Crippen LogP contribution >= 0.6 is 0 Å². The number of rotatable bonds is 6. The summed E-state index contributed by atoms with van der Waals surface area (Å²) in [5.41, 5.74) is 7.90. The molecule has 1 aliphatic rings. The summed E-state index contributed by atoms with van der Waals surface area (Å²) in [6, 6.07) is 16.2. The van der Waals surface area contributed by atoms with Crippen molar-refractivity contribution in [3.63, 3.8) is 0 Å². The smallest absolute Gasteiger partial charge is 0.0435 e. The lowest BCUT2D eigenvalue weighted by atomic mass is 9.79. The topological polar surface area (TPSA) is 3.24 Å². The second-order valence-electron chi connectivity index (χ2n) is 10.1. The summed E-state index contributed by atoms with van der Waals surface area (Å²) < 4.78 is 0. The van der Waals surface area contributed by atoms with Crippen LogP contribution in [-0.4, -0.2) is 12.1 Å². The van der Waals surface area contributed by atoms with Crippen LogP contribution in [0.25, 0.3) is 0 Å². The molecule has 3 rings (SSSR count). The fourth-order valence-electron chi connectivity index (χ4n) is 5.37. The van der Waals surface area contributed by atoms with Crippen LogP contribution in [0.5, 0.6) is 0 Å². The summed E-state index contributed by atoms with van der Waals surface area (Å²) in [7, 11) is 0. The van der Waals surface area contributed by atoms with Gasteiger partial charge in [-0.05, 0) is 73.1 Å². The number of hydrogen-bond donors (Lipinski definition) is 0. The number of benzene rings is 2. The van der Waals surface area contributed by atoms with Crippen LogP contribution in [0.15, 0.2) is 42.5 Å². The average molecular weight is 378 g/mol. The first-order chi connectivity index (χ1) is 13.2. The van der Waals surface area contributed by atoms with E-state index in [1.54, 1.807) is 0 Å². The van der Waals surface area contributed by atoms with Crippen LogP contribution in [0.4, 0.5) is 5.69 Å². The van der Waals surface area contributed by atoms with Crippen LogP contribution < -0.4 is 4.90 Å². The standard InChI is InChI=1S/C27H39N/c1-8-22-11-10-12-23(9-2)25(22)28-19-27(7,18-26(28,5)6)17-21-13-15-24(16-14-21)20(3)4/h10-16,20H,8-9,17-19H2,1-7H3. The van der Waals surface area contributed by atoms with Gasteiger partial charge in [-0.1, -0.05) is 77.1 Å². The van der Waals surface area contributed by atoms with E-state index < -0.39 is 0 Å². The van der Waals surface area contributed by atoms with Gasteiger partial charge in [0.1, 0.15) is 0 Å². The van der Waals surface area contributed by atoms with Gasteiger partial charge < -0.3 is 4.90 Å². The van der Waals surface area contributed by atoms with Crippen molar-refractivity contribution in [2.24, 2.45) is 5.41 Å². The number of aryl methyl sites for hydroxylation is 2. The molecule has 1 nitrogen and oxygen atoms in total. The summed E-state index contributed by atoms with van der Waals surface area (Å²) in [6.07, 6.45) is 4.58. The lowest BCUT2D eigenvalue weighted by molar-refractivity contribution is 0.332. The summed E-state index contributed by atoms with van der Waals surface area (Å²) in [5, 5.41) is 0. The maximum atomic E-state index is 2.73. The van der Waals surface area contributed by atoms with E-state index >= 15 is 0 Å². The van der Waals surface area contributed by atoms with Gasteiger partial charge in [0.25, 0.3) is 0 Å². The van der Waals surface area contributed by atoms with Crippen LogP contribution in [0.3, 0.4) is 0 Å². The third-order valence-corrected chi connectivity index (χ3v) is 6.64. The van der Waals surface area contributed by atoms with Crippen molar-refractivity contribution in [3.05, 3.63) is 64.7 Å². The lowest BCUT2D eigenvalue weighted by Gasteiger charge is -2.36. The highest BCUT2D eigenvalue weighted by Crippen LogP contribution is 2.47. The fraction of sp³-hybridized carbons (Fsp3) is 0.556. The van der Waals surface area contributed by atoms with Gasteiger partial charge in [-0.15, -0.1) is 0 Å². The first kappa shape index (κ1) is 21.0. The molecule has 0 saturated carbocycles. The molecule has 152 valence electrons. The van der Waals surface area contributed by atoms with Crippen molar-refractivity contribution in [2.45, 2.75) is 85.6 Å². The van der Waals surface area contributed by atoms with Gasteiger partial charge in [0, 0.05) is 17.8 Å². The van der Waals surface area contributed by atoms with Crippen LogP contribution in [0.1, 0.15) is 83.1 Å². The first-order valence-corrected chi connectivity index (χ1v) is 11.2. The molecule has 0 aromatic heterocycles. The second kappa shape index (κ2) is 7.93. The Morgan fingerprint density at radius 3 is 1.96 bits per heavy atom. The predicted octanol–water partition coefficient (Wildman–Crippen LogP) is 7.17. The molecule has 1 saturated heterocycles. The van der Waals surface area contributed by atoms with Crippen molar-refractivity contribution in [1.29, 1.82) is 0 Å². The monoisotopic (exact) mass is 377 g/mol. The molecular formula is C27H39N. The largest absolute Gasteiger partial charge is 0.365 e. The van der Waals surface area contributed by atoms with Gasteiger partial charge in [0.05, 0.1) is 0 Å². The van der Waals surface area contributed by atoms with E-state index in [-0.39, 0.29) is 5.54 Å². The highest BCUT2D eigenvalue weighted by atomic mass is 15.2. The minimum absolute atomic E-state index is 0.182. The molecule has 0 radical (unpaired) electrons. The minimum Gasteiger partial charge on any atom is -0.365 e. The third kappa shape index (κ3) is 4.14. The molecule has 0 amide bonds. The Hall–Kier alpha value is -1.76. The first-order valence-electron chi connectivity index (χ1n) is 11.2. The Morgan fingerprint density at radius 1 is 0.893 bits per heavy atom. The molecule has 2 aromatic carbocycles. The Morgan fingerprint density at radius 2 is 1.46 bits per heavy atom. The molecule has 0 N–H and O–H groups in total. The van der Waals surface area contributed by atoms with Crippen LogP contribution in [-0.2, 0) is 19.3 Å². The Bertz CT molecular complexity index is 777. The quantitative estimate of drug-likeness (QED) is 0.515. The van der Waals surface area contributed by atoms with Gasteiger partial charge in [-0.25, -0.2) is 0 Å². The minimum atomic E-state index is 0.182.